The van der Waals surface area contributed by atoms with Gasteiger partial charge in [0.2, 0.25) is 5.91 Å². The Kier molecular flexibility index (Phi) is 7.33. The number of amides is 1. The molecule has 6 nitrogen and oxygen atoms in total. The van der Waals surface area contributed by atoms with Gasteiger partial charge in [-0.15, -0.1) is 0 Å². The first-order valence-electron chi connectivity index (χ1n) is 11.6. The summed E-state index contributed by atoms with van der Waals surface area (Å²) in [6.07, 6.45) is 3.13. The number of hydrogen-bond donors (Lipinski definition) is 1. The van der Waals surface area contributed by atoms with E-state index in [-0.39, 0.29) is 11.7 Å². The number of nitrogens with one attached hydrogen (secondary N) is 1. The van der Waals surface area contributed by atoms with Gasteiger partial charge >= 0.3 is 0 Å². The van der Waals surface area contributed by atoms with Gasteiger partial charge in [0.15, 0.2) is 5.78 Å². The number of piperazine rings is 1. The Morgan fingerprint density at radius 1 is 1.00 bits per heavy atom. The molecule has 0 spiro atoms. The summed E-state index contributed by atoms with van der Waals surface area (Å²) < 4.78 is 2.23. The molecule has 0 unspecified atom stereocenters. The Labute approximate surface area is 195 Å². The summed E-state index contributed by atoms with van der Waals surface area (Å²) in [6.45, 7) is 9.13. The van der Waals surface area contributed by atoms with Crippen molar-refractivity contribution < 1.29 is 9.59 Å². The van der Waals surface area contributed by atoms with Gasteiger partial charge in [-0.3, -0.25) is 19.4 Å². The lowest BCUT2D eigenvalue weighted by atomic mass is 10.1. The molecular weight excluding hydrogens is 424 g/mol. The van der Waals surface area contributed by atoms with Crippen molar-refractivity contribution in [2.24, 2.45) is 0 Å². The number of carbonyl (C=O) groups excluding carboxylic acids is 2. The maximum absolute atomic E-state index is 13.1. The van der Waals surface area contributed by atoms with Crippen LogP contribution in [0.25, 0.3) is 0 Å². The predicted octanol–water partition coefficient (Wildman–Crippen LogP) is 3.08. The van der Waals surface area contributed by atoms with Crippen LogP contribution in [-0.2, 0) is 17.8 Å². The monoisotopic (exact) mass is 456 g/mol. The number of aryl methyl sites for hydroxylation is 2. The van der Waals surface area contributed by atoms with E-state index in [9.17, 15) is 9.59 Å². The molecule has 1 aliphatic carbocycles. The second kappa shape index (κ2) is 10.2. The second-order valence-electron chi connectivity index (χ2n) is 9.13. The number of Topliss-reactive ketones (excluding diaryl/α,β-unsaturated/α-hetero) is 1. The molecule has 172 valence electrons. The van der Waals surface area contributed by atoms with Gasteiger partial charge in [0.05, 0.1) is 13.1 Å². The quantitative estimate of drug-likeness (QED) is 0.589. The Bertz CT molecular complexity index is 957. The fourth-order valence-corrected chi connectivity index (χ4v) is 4.54. The summed E-state index contributed by atoms with van der Waals surface area (Å²) in [5.74, 6) is 0.304. The molecule has 2 aliphatic rings. The predicted molar refractivity (Wildman–Crippen MR) is 127 cm³/mol. The number of ketones is 1. The van der Waals surface area contributed by atoms with E-state index < -0.39 is 0 Å². The lowest BCUT2D eigenvalue weighted by molar-refractivity contribution is -0.122. The molecule has 2 fully saturated rings. The molecule has 2 heterocycles. The zero-order valence-electron chi connectivity index (χ0n) is 19.1. The highest BCUT2D eigenvalue weighted by Crippen LogP contribution is 2.19. The first-order valence-corrected chi connectivity index (χ1v) is 12.0. The molecule has 2 aromatic rings. The molecule has 7 heteroatoms. The van der Waals surface area contributed by atoms with Crippen molar-refractivity contribution in [1.29, 1.82) is 0 Å². The molecule has 1 N–H and O–H groups in total. The highest BCUT2D eigenvalue weighted by atomic mass is 35.5. The van der Waals surface area contributed by atoms with E-state index in [0.717, 1.165) is 74.0 Å². The van der Waals surface area contributed by atoms with E-state index in [1.54, 1.807) is 0 Å². The standard InChI is InChI=1S/C25H33ClN4O2/c1-18-15-23(19(2)30(18)10-9-20-3-5-21(26)6-4-20)24(31)16-28-11-13-29(14-12-28)17-25(32)27-22-7-8-22/h3-6,15,22H,7-14,16-17H2,1-2H3,(H,27,32). The van der Waals surface area contributed by atoms with Gasteiger partial charge in [0, 0.05) is 60.7 Å². The number of aromatic nitrogens is 1. The SMILES string of the molecule is Cc1cc(C(=O)CN2CCN(CC(=O)NC3CC3)CC2)c(C)n1CCc1ccc(Cl)cc1. The number of hydrogen-bond acceptors (Lipinski definition) is 4. The summed E-state index contributed by atoms with van der Waals surface area (Å²) in [5, 5.41) is 3.79. The Hall–Kier alpha value is -2.15. The number of nitrogens with zero attached hydrogens (tertiary/aromatic N) is 3. The van der Waals surface area contributed by atoms with E-state index in [1.165, 1.54) is 5.56 Å². The van der Waals surface area contributed by atoms with Crippen LogP contribution >= 0.6 is 11.6 Å². The molecule has 1 amide bonds. The van der Waals surface area contributed by atoms with Crippen molar-refractivity contribution >= 4 is 23.3 Å². The van der Waals surface area contributed by atoms with Crippen molar-refractivity contribution in [2.45, 2.75) is 45.7 Å². The zero-order chi connectivity index (χ0) is 22.7. The molecular formula is C25H33ClN4O2. The Balaban J connectivity index is 1.27. The summed E-state index contributed by atoms with van der Waals surface area (Å²) in [6, 6.07) is 10.4. The molecule has 0 atom stereocenters. The van der Waals surface area contributed by atoms with Crippen molar-refractivity contribution in [3.05, 3.63) is 57.9 Å². The number of benzene rings is 1. The molecule has 1 aliphatic heterocycles. The average Bonchev–Trinajstić information content (AvgIpc) is 3.53. The van der Waals surface area contributed by atoms with Crippen molar-refractivity contribution in [3.63, 3.8) is 0 Å². The minimum atomic E-state index is 0.128. The second-order valence-corrected chi connectivity index (χ2v) is 9.57. The topological polar surface area (TPSA) is 57.6 Å². The third-order valence-electron chi connectivity index (χ3n) is 6.55. The van der Waals surface area contributed by atoms with Gasteiger partial charge in [0.1, 0.15) is 0 Å². The van der Waals surface area contributed by atoms with Crippen LogP contribution in [0.15, 0.2) is 30.3 Å². The summed E-state index contributed by atoms with van der Waals surface area (Å²) >= 11 is 5.98. The van der Waals surface area contributed by atoms with Crippen LogP contribution < -0.4 is 5.32 Å². The van der Waals surface area contributed by atoms with Gasteiger partial charge in [0.25, 0.3) is 0 Å². The summed E-state index contributed by atoms with van der Waals surface area (Å²) in [4.78, 5) is 29.4. The van der Waals surface area contributed by atoms with E-state index in [0.29, 0.717) is 19.1 Å². The lowest BCUT2D eigenvalue weighted by Crippen LogP contribution is -2.50. The fourth-order valence-electron chi connectivity index (χ4n) is 4.42. The minimum absolute atomic E-state index is 0.128. The molecule has 0 bridgehead atoms. The van der Waals surface area contributed by atoms with Crippen LogP contribution in [0.3, 0.4) is 0 Å². The van der Waals surface area contributed by atoms with Crippen LogP contribution in [-0.4, -0.2) is 71.4 Å². The fraction of sp³-hybridized carbons (Fsp3) is 0.520. The van der Waals surface area contributed by atoms with Gasteiger partial charge in [-0.25, -0.2) is 0 Å². The minimum Gasteiger partial charge on any atom is -0.352 e. The van der Waals surface area contributed by atoms with Crippen LogP contribution in [0, 0.1) is 13.8 Å². The molecule has 1 saturated carbocycles. The van der Waals surface area contributed by atoms with Crippen molar-refractivity contribution in [1.82, 2.24) is 19.7 Å². The largest absolute Gasteiger partial charge is 0.352 e. The maximum atomic E-state index is 13.1. The van der Waals surface area contributed by atoms with Crippen molar-refractivity contribution in [3.8, 4) is 0 Å². The normalized spacial score (nSPS) is 17.5. The van der Waals surface area contributed by atoms with Crippen molar-refractivity contribution in [2.75, 3.05) is 39.3 Å². The molecule has 1 aromatic heterocycles. The van der Waals surface area contributed by atoms with Gasteiger partial charge in [-0.1, -0.05) is 23.7 Å². The molecule has 1 aromatic carbocycles. The van der Waals surface area contributed by atoms with E-state index in [1.807, 2.05) is 25.1 Å². The highest BCUT2D eigenvalue weighted by molar-refractivity contribution is 6.30. The third-order valence-corrected chi connectivity index (χ3v) is 6.81. The molecule has 4 rings (SSSR count). The van der Waals surface area contributed by atoms with Crippen LogP contribution in [0.1, 0.15) is 40.2 Å². The van der Waals surface area contributed by atoms with E-state index in [2.05, 4.69) is 38.7 Å². The average molecular weight is 457 g/mol. The summed E-state index contributed by atoms with van der Waals surface area (Å²) in [7, 11) is 0. The van der Waals surface area contributed by atoms with Gasteiger partial charge < -0.3 is 9.88 Å². The third kappa shape index (κ3) is 6.00. The Morgan fingerprint density at radius 3 is 2.25 bits per heavy atom. The number of carbonyl (C=O) groups is 2. The first kappa shape index (κ1) is 23.0. The highest BCUT2D eigenvalue weighted by Gasteiger charge is 2.26. The number of halogens is 1. The van der Waals surface area contributed by atoms with Crippen LogP contribution in [0.2, 0.25) is 5.02 Å². The van der Waals surface area contributed by atoms with E-state index in [4.69, 9.17) is 11.6 Å². The van der Waals surface area contributed by atoms with Gasteiger partial charge in [-0.2, -0.15) is 0 Å². The molecule has 32 heavy (non-hydrogen) atoms. The Morgan fingerprint density at radius 2 is 1.62 bits per heavy atom. The summed E-state index contributed by atoms with van der Waals surface area (Å²) in [5.41, 5.74) is 4.21. The van der Waals surface area contributed by atoms with Gasteiger partial charge in [-0.05, 0) is 56.9 Å². The number of rotatable bonds is 9. The van der Waals surface area contributed by atoms with Crippen LogP contribution in [0.4, 0.5) is 0 Å². The molecule has 1 saturated heterocycles. The van der Waals surface area contributed by atoms with Crippen LogP contribution in [0.5, 0.6) is 0 Å². The van der Waals surface area contributed by atoms with E-state index >= 15 is 0 Å². The molecule has 0 radical (unpaired) electrons. The first-order chi connectivity index (χ1) is 15.4. The lowest BCUT2D eigenvalue weighted by Gasteiger charge is -2.33. The maximum Gasteiger partial charge on any atom is 0.234 e. The zero-order valence-corrected chi connectivity index (χ0v) is 19.8. The smallest absolute Gasteiger partial charge is 0.234 e.